The molecule has 1 aliphatic carbocycles. The Hall–Kier alpha value is -1.16. The van der Waals surface area contributed by atoms with E-state index in [0.717, 1.165) is 17.9 Å². The van der Waals surface area contributed by atoms with Crippen LogP contribution >= 0.6 is 0 Å². The van der Waals surface area contributed by atoms with Gasteiger partial charge in [0.2, 0.25) is 0 Å². The molecule has 4 heteroatoms. The number of aryl methyl sites for hydroxylation is 1. The van der Waals surface area contributed by atoms with Crippen LogP contribution in [0.15, 0.2) is 12.3 Å². The summed E-state index contributed by atoms with van der Waals surface area (Å²) < 4.78 is 0. The third-order valence-electron chi connectivity index (χ3n) is 3.87. The first-order valence-corrected chi connectivity index (χ1v) is 6.33. The summed E-state index contributed by atoms with van der Waals surface area (Å²) in [5.41, 5.74) is 1.44. The fourth-order valence-corrected chi connectivity index (χ4v) is 2.62. The number of nitrogens with one attached hydrogen (secondary N) is 1. The summed E-state index contributed by atoms with van der Waals surface area (Å²) in [6.07, 6.45) is 6.99. The van der Waals surface area contributed by atoms with E-state index in [1.165, 1.54) is 25.7 Å². The van der Waals surface area contributed by atoms with E-state index in [1.54, 1.807) is 6.20 Å². The maximum absolute atomic E-state index is 4.11. The zero-order chi connectivity index (χ0) is 12.3. The van der Waals surface area contributed by atoms with Crippen LogP contribution in [0.2, 0.25) is 0 Å². The molecule has 0 spiro atoms. The predicted octanol–water partition coefficient (Wildman–Crippen LogP) is 2.07. The van der Waals surface area contributed by atoms with E-state index in [1.807, 2.05) is 13.0 Å². The zero-order valence-corrected chi connectivity index (χ0v) is 11.0. The average Bonchev–Trinajstić information content (AvgIpc) is 2.76. The van der Waals surface area contributed by atoms with Crippen molar-refractivity contribution < 1.29 is 0 Å². The van der Waals surface area contributed by atoms with E-state index in [0.29, 0.717) is 5.54 Å². The van der Waals surface area contributed by atoms with E-state index < -0.39 is 0 Å². The second-order valence-electron chi connectivity index (χ2n) is 5.30. The molecule has 1 heterocycles. The van der Waals surface area contributed by atoms with Gasteiger partial charge in [0.05, 0.1) is 6.20 Å². The fourth-order valence-electron chi connectivity index (χ4n) is 2.62. The fraction of sp³-hybridized carbons (Fsp3) is 0.692. The smallest absolute Gasteiger partial charge is 0.148 e. The number of aromatic nitrogens is 2. The van der Waals surface area contributed by atoms with Crippen molar-refractivity contribution in [3.63, 3.8) is 0 Å². The minimum absolute atomic E-state index is 0.297. The van der Waals surface area contributed by atoms with Crippen molar-refractivity contribution >= 4 is 5.82 Å². The topological polar surface area (TPSA) is 41.1 Å². The highest BCUT2D eigenvalue weighted by Gasteiger charge is 2.35. The lowest BCUT2D eigenvalue weighted by Gasteiger charge is -2.36. The molecule has 1 fully saturated rings. The van der Waals surface area contributed by atoms with Gasteiger partial charge in [-0.3, -0.25) is 0 Å². The van der Waals surface area contributed by atoms with Crippen molar-refractivity contribution in [1.82, 2.24) is 15.1 Å². The Labute approximate surface area is 103 Å². The lowest BCUT2D eigenvalue weighted by molar-refractivity contribution is 0.172. The summed E-state index contributed by atoms with van der Waals surface area (Å²) in [7, 11) is 4.35. The van der Waals surface area contributed by atoms with Crippen LogP contribution in [0.3, 0.4) is 0 Å². The quantitative estimate of drug-likeness (QED) is 0.866. The molecule has 0 bridgehead atoms. The molecule has 0 aliphatic heterocycles. The predicted molar refractivity (Wildman–Crippen MR) is 70.1 cm³/mol. The second kappa shape index (κ2) is 5.00. The van der Waals surface area contributed by atoms with Crippen molar-refractivity contribution in [2.24, 2.45) is 0 Å². The van der Waals surface area contributed by atoms with Gasteiger partial charge < -0.3 is 10.2 Å². The van der Waals surface area contributed by atoms with Gasteiger partial charge in [0.15, 0.2) is 0 Å². The summed E-state index contributed by atoms with van der Waals surface area (Å²) in [6.45, 7) is 3.00. The first kappa shape index (κ1) is 12.3. The molecule has 94 valence electrons. The summed E-state index contributed by atoms with van der Waals surface area (Å²) in [5.74, 6) is 0.887. The van der Waals surface area contributed by atoms with Crippen LogP contribution in [0.4, 0.5) is 5.82 Å². The number of nitrogens with zero attached hydrogens (tertiary/aromatic N) is 3. The van der Waals surface area contributed by atoms with E-state index in [9.17, 15) is 0 Å². The molecule has 0 unspecified atom stereocenters. The van der Waals surface area contributed by atoms with Crippen LogP contribution in [-0.2, 0) is 0 Å². The van der Waals surface area contributed by atoms with E-state index in [-0.39, 0.29) is 0 Å². The maximum atomic E-state index is 4.11. The first-order valence-electron chi connectivity index (χ1n) is 6.33. The van der Waals surface area contributed by atoms with Crippen molar-refractivity contribution in [1.29, 1.82) is 0 Å². The maximum Gasteiger partial charge on any atom is 0.148 e. The molecule has 0 atom stereocenters. The van der Waals surface area contributed by atoms with Gasteiger partial charge in [-0.05, 0) is 45.5 Å². The van der Waals surface area contributed by atoms with E-state index >= 15 is 0 Å². The van der Waals surface area contributed by atoms with Crippen LogP contribution in [0, 0.1) is 6.92 Å². The molecule has 0 amide bonds. The van der Waals surface area contributed by atoms with Gasteiger partial charge in [-0.2, -0.15) is 5.10 Å². The molecule has 1 aromatic heterocycles. The summed E-state index contributed by atoms with van der Waals surface area (Å²) >= 11 is 0. The standard InChI is InChI=1S/C13H22N4/c1-11-8-12(16-15-9-11)14-10-13(17(2)3)6-4-5-7-13/h8-9H,4-7,10H2,1-3H3,(H,14,16). The highest BCUT2D eigenvalue weighted by atomic mass is 15.2. The van der Waals surface area contributed by atoms with Crippen molar-refractivity contribution in [3.8, 4) is 0 Å². The van der Waals surface area contributed by atoms with Gasteiger partial charge in [0, 0.05) is 12.1 Å². The van der Waals surface area contributed by atoms with Crippen LogP contribution in [-0.4, -0.2) is 41.3 Å². The van der Waals surface area contributed by atoms with Crippen molar-refractivity contribution in [2.75, 3.05) is 26.0 Å². The van der Waals surface area contributed by atoms with Gasteiger partial charge >= 0.3 is 0 Å². The van der Waals surface area contributed by atoms with Crippen molar-refractivity contribution in [3.05, 3.63) is 17.8 Å². The first-order chi connectivity index (χ1) is 8.12. The van der Waals surface area contributed by atoms with E-state index in [2.05, 4.69) is 34.5 Å². The Balaban J connectivity index is 2.01. The molecular formula is C13H22N4. The minimum Gasteiger partial charge on any atom is -0.367 e. The number of likely N-dealkylation sites (N-methyl/N-ethyl adjacent to an activating group) is 1. The van der Waals surface area contributed by atoms with Gasteiger partial charge in [-0.15, -0.1) is 5.10 Å². The van der Waals surface area contributed by atoms with Crippen LogP contribution in [0.1, 0.15) is 31.2 Å². The van der Waals surface area contributed by atoms with Crippen LogP contribution in [0.5, 0.6) is 0 Å². The molecule has 17 heavy (non-hydrogen) atoms. The zero-order valence-electron chi connectivity index (χ0n) is 11.0. The second-order valence-corrected chi connectivity index (χ2v) is 5.30. The lowest BCUT2D eigenvalue weighted by atomic mass is 9.96. The molecule has 2 rings (SSSR count). The molecule has 0 radical (unpaired) electrons. The molecule has 1 aliphatic rings. The van der Waals surface area contributed by atoms with Crippen molar-refractivity contribution in [2.45, 2.75) is 38.1 Å². The molecule has 4 nitrogen and oxygen atoms in total. The van der Waals surface area contributed by atoms with Gasteiger partial charge in [-0.1, -0.05) is 12.8 Å². The van der Waals surface area contributed by atoms with E-state index in [4.69, 9.17) is 0 Å². The third kappa shape index (κ3) is 2.75. The summed E-state index contributed by atoms with van der Waals surface area (Å²) in [4.78, 5) is 2.36. The van der Waals surface area contributed by atoms with Gasteiger partial charge in [0.1, 0.15) is 5.82 Å². The third-order valence-corrected chi connectivity index (χ3v) is 3.87. The molecule has 1 N–H and O–H groups in total. The Morgan fingerprint density at radius 1 is 1.35 bits per heavy atom. The normalized spacial score (nSPS) is 18.6. The Morgan fingerprint density at radius 3 is 2.65 bits per heavy atom. The molecule has 0 saturated heterocycles. The Kier molecular flexibility index (Phi) is 3.62. The summed E-state index contributed by atoms with van der Waals surface area (Å²) in [6, 6.07) is 2.05. The Bertz CT molecular complexity index is 369. The molecular weight excluding hydrogens is 212 g/mol. The highest BCUT2D eigenvalue weighted by molar-refractivity contribution is 5.35. The van der Waals surface area contributed by atoms with Gasteiger partial charge in [0.25, 0.3) is 0 Å². The average molecular weight is 234 g/mol. The van der Waals surface area contributed by atoms with Crippen LogP contribution in [0.25, 0.3) is 0 Å². The highest BCUT2D eigenvalue weighted by Crippen LogP contribution is 2.33. The Morgan fingerprint density at radius 2 is 2.06 bits per heavy atom. The minimum atomic E-state index is 0.297. The monoisotopic (exact) mass is 234 g/mol. The molecule has 1 aromatic rings. The lowest BCUT2D eigenvalue weighted by Crippen LogP contribution is -2.47. The largest absolute Gasteiger partial charge is 0.367 e. The van der Waals surface area contributed by atoms with Crippen LogP contribution < -0.4 is 5.32 Å². The number of anilines is 1. The molecule has 0 aromatic carbocycles. The molecule has 1 saturated carbocycles. The number of rotatable bonds is 4. The SMILES string of the molecule is Cc1cnnc(NCC2(N(C)C)CCCC2)c1. The summed E-state index contributed by atoms with van der Waals surface area (Å²) in [5, 5.41) is 11.5. The number of hydrogen-bond acceptors (Lipinski definition) is 4. The van der Waals surface area contributed by atoms with Gasteiger partial charge in [-0.25, -0.2) is 0 Å². The number of hydrogen-bond donors (Lipinski definition) is 1.